The smallest absolute Gasteiger partial charge is 0.244 e. The number of allylic oxidation sites excluding steroid dienone is 1. The molecule has 2 N–H and O–H groups in total. The highest BCUT2D eigenvalue weighted by molar-refractivity contribution is 6.66. The van der Waals surface area contributed by atoms with E-state index >= 15 is 0 Å². The third-order valence-corrected chi connectivity index (χ3v) is 0.511. The summed E-state index contributed by atoms with van der Waals surface area (Å²) in [7, 11) is 0. The Kier molecular flexibility index (Phi) is 9.42. The normalized spacial score (nSPS) is 8.75. The second kappa shape index (κ2) is 6.95. The summed E-state index contributed by atoms with van der Waals surface area (Å²) in [4.78, 5) is 9.83. The minimum atomic E-state index is -0.481. The van der Waals surface area contributed by atoms with Crippen LogP contribution in [0.4, 0.5) is 0 Å². The zero-order valence-corrected chi connectivity index (χ0v) is 5.71. The van der Waals surface area contributed by atoms with Gasteiger partial charge in [0.25, 0.3) is 0 Å². The van der Waals surface area contributed by atoms with Crippen LogP contribution in [-0.2, 0) is 4.79 Å². The highest BCUT2D eigenvalue weighted by Gasteiger charge is 1.79. The van der Waals surface area contributed by atoms with Gasteiger partial charge in [-0.25, -0.2) is 0 Å². The molecule has 0 unspecified atom stereocenters. The van der Waals surface area contributed by atoms with Crippen molar-refractivity contribution in [1.82, 2.24) is 0 Å². The fourth-order valence-corrected chi connectivity index (χ4v) is 0.250. The first kappa shape index (κ1) is 10.8. The Labute approximate surface area is 59.1 Å². The maximum atomic E-state index is 9.83. The van der Waals surface area contributed by atoms with E-state index in [0.717, 1.165) is 0 Å². The third-order valence-electron chi connectivity index (χ3n) is 0.385. The van der Waals surface area contributed by atoms with Gasteiger partial charge in [0.15, 0.2) is 0 Å². The minimum Gasteiger partial charge on any atom is -0.327 e. The molecule has 0 atom stereocenters. The van der Waals surface area contributed by atoms with E-state index in [1.807, 2.05) is 0 Å². The Morgan fingerprint density at radius 2 is 2.25 bits per heavy atom. The Morgan fingerprint density at radius 3 is 2.38 bits per heavy atom. The molecule has 0 rings (SSSR count). The summed E-state index contributed by atoms with van der Waals surface area (Å²) in [6.45, 7) is 0.360. The molecule has 0 radical (unpaired) electrons. The van der Waals surface area contributed by atoms with E-state index in [1.165, 1.54) is 12.2 Å². The predicted octanol–water partition coefficient (Wildman–Crippen LogP) is 0.689. The molecule has 0 aliphatic rings. The lowest BCUT2D eigenvalue weighted by Crippen LogP contribution is -1.93. The van der Waals surface area contributed by atoms with E-state index in [-0.39, 0.29) is 12.4 Å². The molecule has 0 fully saturated rings. The van der Waals surface area contributed by atoms with E-state index in [2.05, 4.69) is 0 Å². The molecule has 2 nitrogen and oxygen atoms in total. The van der Waals surface area contributed by atoms with Crippen molar-refractivity contribution >= 4 is 29.3 Å². The average molecular weight is 156 g/mol. The number of carbonyl (C=O) groups excluding carboxylic acids is 1. The number of hydrogen-bond donors (Lipinski definition) is 1. The summed E-state index contributed by atoms with van der Waals surface area (Å²) in [5, 5.41) is -0.481. The van der Waals surface area contributed by atoms with Crippen LogP contribution >= 0.6 is 24.0 Å². The van der Waals surface area contributed by atoms with Crippen LogP contribution in [0.1, 0.15) is 0 Å². The summed E-state index contributed by atoms with van der Waals surface area (Å²) >= 11 is 4.88. The van der Waals surface area contributed by atoms with Crippen molar-refractivity contribution in [2.24, 2.45) is 5.73 Å². The van der Waals surface area contributed by atoms with Crippen LogP contribution in [0.5, 0.6) is 0 Å². The van der Waals surface area contributed by atoms with Gasteiger partial charge in [-0.1, -0.05) is 6.08 Å². The Morgan fingerprint density at radius 1 is 1.75 bits per heavy atom. The quantitative estimate of drug-likeness (QED) is 0.472. The summed E-state index contributed by atoms with van der Waals surface area (Å²) in [6, 6.07) is 0. The van der Waals surface area contributed by atoms with Crippen LogP contribution < -0.4 is 5.73 Å². The molecule has 0 saturated carbocycles. The van der Waals surface area contributed by atoms with E-state index in [9.17, 15) is 4.79 Å². The molecule has 48 valence electrons. The number of hydrogen-bond acceptors (Lipinski definition) is 2. The lowest BCUT2D eigenvalue weighted by atomic mass is 10.5. The molecule has 0 spiro atoms. The molecule has 0 aromatic carbocycles. The standard InChI is InChI=1S/C4H6ClNO.ClH/c5-4(7)2-1-3-6;/h1-2H,3,6H2;1H/b2-1+;. The highest BCUT2D eigenvalue weighted by Crippen LogP contribution is 1.78. The summed E-state index contributed by atoms with van der Waals surface area (Å²) in [6.07, 6.45) is 2.72. The second-order valence-corrected chi connectivity index (χ2v) is 1.31. The average Bonchev–Trinajstić information content (AvgIpc) is 1.61. The number of nitrogens with two attached hydrogens (primary N) is 1. The van der Waals surface area contributed by atoms with Crippen molar-refractivity contribution in [3.8, 4) is 0 Å². The Balaban J connectivity index is 0. The topological polar surface area (TPSA) is 43.1 Å². The van der Waals surface area contributed by atoms with Crippen molar-refractivity contribution < 1.29 is 4.79 Å². The molecule has 0 aromatic heterocycles. The van der Waals surface area contributed by atoms with E-state index < -0.39 is 5.24 Å². The van der Waals surface area contributed by atoms with Gasteiger partial charge in [0.2, 0.25) is 5.24 Å². The van der Waals surface area contributed by atoms with E-state index in [4.69, 9.17) is 17.3 Å². The van der Waals surface area contributed by atoms with Gasteiger partial charge in [-0.2, -0.15) is 0 Å². The van der Waals surface area contributed by atoms with Crippen LogP contribution in [0.2, 0.25) is 0 Å². The van der Waals surface area contributed by atoms with Gasteiger partial charge in [-0.3, -0.25) is 4.79 Å². The first-order valence-electron chi connectivity index (χ1n) is 1.83. The monoisotopic (exact) mass is 155 g/mol. The van der Waals surface area contributed by atoms with Crippen LogP contribution in [0.3, 0.4) is 0 Å². The van der Waals surface area contributed by atoms with Gasteiger partial charge >= 0.3 is 0 Å². The second-order valence-electron chi connectivity index (χ2n) is 0.942. The fraction of sp³-hybridized carbons (Fsp3) is 0.250. The van der Waals surface area contributed by atoms with Gasteiger partial charge in [-0.15, -0.1) is 12.4 Å². The number of halogens is 2. The van der Waals surface area contributed by atoms with Crippen LogP contribution in [0.25, 0.3) is 0 Å². The largest absolute Gasteiger partial charge is 0.327 e. The van der Waals surface area contributed by atoms with Gasteiger partial charge in [0.1, 0.15) is 0 Å². The zero-order valence-electron chi connectivity index (χ0n) is 4.13. The first-order valence-corrected chi connectivity index (χ1v) is 2.21. The molecule has 0 aliphatic carbocycles. The van der Waals surface area contributed by atoms with Crippen LogP contribution in [-0.4, -0.2) is 11.8 Å². The molecule has 0 amide bonds. The molecule has 8 heavy (non-hydrogen) atoms. The molecule has 0 saturated heterocycles. The van der Waals surface area contributed by atoms with Crippen LogP contribution in [0, 0.1) is 0 Å². The number of rotatable bonds is 2. The Bertz CT molecular complexity index is 92.0. The zero-order chi connectivity index (χ0) is 5.70. The van der Waals surface area contributed by atoms with E-state index in [0.29, 0.717) is 6.54 Å². The minimum absolute atomic E-state index is 0. The highest BCUT2D eigenvalue weighted by atomic mass is 35.5. The molecule has 4 heteroatoms. The lowest BCUT2D eigenvalue weighted by Gasteiger charge is -1.72. The van der Waals surface area contributed by atoms with Gasteiger partial charge in [-0.05, 0) is 17.7 Å². The third kappa shape index (κ3) is 9.34. The molecule has 0 heterocycles. The maximum Gasteiger partial charge on any atom is 0.244 e. The number of carbonyl (C=O) groups is 1. The fourth-order valence-electron chi connectivity index (χ4n) is 0.161. The predicted molar refractivity (Wildman–Crippen MR) is 36.3 cm³/mol. The first-order chi connectivity index (χ1) is 3.27. The van der Waals surface area contributed by atoms with Gasteiger partial charge < -0.3 is 5.73 Å². The summed E-state index contributed by atoms with van der Waals surface area (Å²) in [5.74, 6) is 0. The SMILES string of the molecule is Cl.NC/C=C/C(=O)Cl. The molecule has 0 aromatic rings. The molecule has 0 aliphatic heterocycles. The van der Waals surface area contributed by atoms with Crippen molar-refractivity contribution in [2.45, 2.75) is 0 Å². The summed E-state index contributed by atoms with van der Waals surface area (Å²) in [5.41, 5.74) is 4.98. The molecule has 0 bridgehead atoms. The maximum absolute atomic E-state index is 9.83. The van der Waals surface area contributed by atoms with E-state index in [1.54, 1.807) is 0 Å². The molecular weight excluding hydrogens is 149 g/mol. The summed E-state index contributed by atoms with van der Waals surface area (Å²) < 4.78 is 0. The van der Waals surface area contributed by atoms with Crippen molar-refractivity contribution in [3.63, 3.8) is 0 Å². The van der Waals surface area contributed by atoms with Crippen LogP contribution in [0.15, 0.2) is 12.2 Å². The lowest BCUT2D eigenvalue weighted by molar-refractivity contribution is -0.107. The van der Waals surface area contributed by atoms with Gasteiger partial charge in [0, 0.05) is 6.54 Å². The van der Waals surface area contributed by atoms with Gasteiger partial charge in [0.05, 0.1) is 0 Å². The van der Waals surface area contributed by atoms with Crippen molar-refractivity contribution in [2.75, 3.05) is 6.54 Å². The van der Waals surface area contributed by atoms with Crippen molar-refractivity contribution in [3.05, 3.63) is 12.2 Å². The Hall–Kier alpha value is -0.0500. The molecular formula is C4H7Cl2NO. The van der Waals surface area contributed by atoms with Crippen molar-refractivity contribution in [1.29, 1.82) is 0 Å².